The van der Waals surface area contributed by atoms with Crippen LogP contribution in [0.15, 0.2) is 79.1 Å². The zero-order valence-corrected chi connectivity index (χ0v) is 23.3. The Labute approximate surface area is 243 Å². The van der Waals surface area contributed by atoms with E-state index in [1.54, 1.807) is 36.7 Å². The fourth-order valence-corrected chi connectivity index (χ4v) is 4.83. The Bertz CT molecular complexity index is 1540. The molecule has 2 aromatic carbocycles. The summed E-state index contributed by atoms with van der Waals surface area (Å²) in [5.74, 6) is -1.52. The zero-order valence-electron chi connectivity index (χ0n) is 23.3. The van der Waals surface area contributed by atoms with Gasteiger partial charge in [0.15, 0.2) is 0 Å². The minimum Gasteiger partial charge on any atom is -0.481 e. The number of carboxylic acid groups (broad SMARTS) is 1. The van der Waals surface area contributed by atoms with Crippen molar-refractivity contribution in [1.29, 1.82) is 0 Å². The first-order chi connectivity index (χ1) is 20.2. The van der Waals surface area contributed by atoms with Gasteiger partial charge in [-0.3, -0.25) is 9.59 Å². The highest BCUT2D eigenvalue weighted by atomic mass is 19.1. The fourth-order valence-electron chi connectivity index (χ4n) is 4.83. The molecule has 0 fully saturated rings. The number of benzene rings is 2. The van der Waals surface area contributed by atoms with Crippen LogP contribution in [0.25, 0.3) is 28.3 Å². The summed E-state index contributed by atoms with van der Waals surface area (Å²) in [6.45, 7) is 3.93. The van der Waals surface area contributed by atoms with Gasteiger partial charge in [0.25, 0.3) is 5.91 Å². The number of halogens is 1. The second kappa shape index (κ2) is 13.8. The van der Waals surface area contributed by atoms with Crippen LogP contribution < -0.4 is 5.32 Å². The van der Waals surface area contributed by atoms with E-state index < -0.39 is 30.4 Å². The summed E-state index contributed by atoms with van der Waals surface area (Å²) in [5.41, 5.74) is 3.59. The highest BCUT2D eigenvalue weighted by Crippen LogP contribution is 2.42. The van der Waals surface area contributed by atoms with Crippen LogP contribution >= 0.6 is 0 Å². The number of aliphatic carboxylic acids is 1. The molecule has 2 heterocycles. The van der Waals surface area contributed by atoms with Gasteiger partial charge < -0.3 is 25.2 Å². The molecule has 0 saturated heterocycles. The second-order valence-electron chi connectivity index (χ2n) is 10.1. The zero-order chi connectivity index (χ0) is 30.2. The van der Waals surface area contributed by atoms with Gasteiger partial charge in [-0.05, 0) is 49.2 Å². The molecule has 0 aliphatic rings. The van der Waals surface area contributed by atoms with E-state index >= 15 is 0 Å². The van der Waals surface area contributed by atoms with Crippen LogP contribution in [-0.2, 0) is 11.3 Å². The van der Waals surface area contributed by atoms with E-state index in [0.717, 1.165) is 5.56 Å². The lowest BCUT2D eigenvalue weighted by atomic mass is 9.94. The first-order valence-electron chi connectivity index (χ1n) is 13.6. The minimum absolute atomic E-state index is 0.0917. The van der Waals surface area contributed by atoms with Gasteiger partial charge in [0.05, 0.1) is 25.2 Å². The summed E-state index contributed by atoms with van der Waals surface area (Å²) < 4.78 is 15.8. The Morgan fingerprint density at radius 3 is 2.21 bits per heavy atom. The molecule has 4 rings (SSSR count). The maximum absolute atomic E-state index is 14.0. The van der Waals surface area contributed by atoms with Crippen molar-refractivity contribution in [3.8, 4) is 22.3 Å². The third kappa shape index (κ3) is 7.34. The highest BCUT2D eigenvalue weighted by molar-refractivity contribution is 6.06. The Morgan fingerprint density at radius 2 is 1.60 bits per heavy atom. The number of rotatable bonds is 12. The Morgan fingerprint density at radius 1 is 0.952 bits per heavy atom. The predicted octanol–water partition coefficient (Wildman–Crippen LogP) is 4.86. The molecule has 9 nitrogen and oxygen atoms in total. The van der Waals surface area contributed by atoms with Crippen molar-refractivity contribution >= 4 is 18.0 Å². The Balaban J connectivity index is 1.91. The van der Waals surface area contributed by atoms with Crippen LogP contribution in [-0.4, -0.2) is 53.9 Å². The lowest BCUT2D eigenvalue weighted by Crippen LogP contribution is -2.27. The number of hydrogen-bond acceptors (Lipinski definition) is 6. The molecule has 4 N–H and O–H groups in total. The van der Waals surface area contributed by atoms with E-state index in [9.17, 15) is 24.2 Å². The molecule has 0 bridgehead atoms. The molecule has 218 valence electrons. The van der Waals surface area contributed by atoms with Crippen molar-refractivity contribution in [1.82, 2.24) is 19.9 Å². The number of carbonyl (C=O) groups is 2. The monoisotopic (exact) mass is 572 g/mol. The number of carboxylic acids is 1. The van der Waals surface area contributed by atoms with Gasteiger partial charge in [-0.1, -0.05) is 48.5 Å². The van der Waals surface area contributed by atoms with Gasteiger partial charge in [-0.25, -0.2) is 14.4 Å². The molecule has 42 heavy (non-hydrogen) atoms. The third-order valence-corrected chi connectivity index (χ3v) is 6.60. The number of carbonyl (C=O) groups excluding carboxylic acids is 1. The summed E-state index contributed by atoms with van der Waals surface area (Å²) in [5, 5.41) is 32.6. The smallest absolute Gasteiger partial charge is 0.305 e. The maximum atomic E-state index is 14.0. The van der Waals surface area contributed by atoms with Crippen molar-refractivity contribution in [2.45, 2.75) is 51.5 Å². The normalized spacial score (nSPS) is 12.9. The fraction of sp³-hybridized carbons (Fsp3) is 0.250. The summed E-state index contributed by atoms with van der Waals surface area (Å²) in [6, 6.07) is 16.8. The number of nitrogens with one attached hydrogen (secondary N) is 1. The van der Waals surface area contributed by atoms with Crippen LogP contribution in [0, 0.1) is 5.82 Å². The molecule has 0 aliphatic heterocycles. The van der Waals surface area contributed by atoms with E-state index in [4.69, 9.17) is 5.11 Å². The number of aliphatic hydroxyl groups excluding tert-OH is 2. The number of aromatic nitrogens is 3. The summed E-state index contributed by atoms with van der Waals surface area (Å²) >= 11 is 0. The average Bonchev–Trinajstić information content (AvgIpc) is 3.31. The molecular weight excluding hydrogens is 539 g/mol. The molecular formula is C32H33FN4O5. The number of aliphatic hydroxyl groups is 2. The average molecular weight is 573 g/mol. The van der Waals surface area contributed by atoms with Crippen molar-refractivity contribution < 1.29 is 29.3 Å². The van der Waals surface area contributed by atoms with E-state index in [1.165, 1.54) is 18.2 Å². The number of hydrogen-bond donors (Lipinski definition) is 4. The molecule has 2 aromatic heterocycles. The lowest BCUT2D eigenvalue weighted by molar-refractivity contribution is -0.139. The van der Waals surface area contributed by atoms with Crippen molar-refractivity contribution in [2.24, 2.45) is 0 Å². The van der Waals surface area contributed by atoms with Crippen molar-refractivity contribution in [3.05, 3.63) is 102 Å². The number of amides is 1. The summed E-state index contributed by atoms with van der Waals surface area (Å²) in [4.78, 5) is 33.3. The Hall–Kier alpha value is -4.67. The molecule has 1 amide bonds. The minimum atomic E-state index is -1.24. The molecule has 4 aromatic rings. The van der Waals surface area contributed by atoms with Gasteiger partial charge in [-0.15, -0.1) is 0 Å². The largest absolute Gasteiger partial charge is 0.481 e. The molecule has 2 atom stereocenters. The van der Waals surface area contributed by atoms with Gasteiger partial charge >= 0.3 is 5.97 Å². The topological polar surface area (TPSA) is 138 Å². The number of nitrogens with zero attached hydrogens (tertiary/aromatic N) is 3. The van der Waals surface area contributed by atoms with Crippen LogP contribution in [0.2, 0.25) is 0 Å². The SMILES string of the molecule is CC(C)n1c(/C=C/C(O)CC(O)CC(=O)O)c(-c2ccc(F)cc2)c(-c2ccccc2)c1C(=O)NCc1ncccn1. The van der Waals surface area contributed by atoms with Crippen LogP contribution in [0.3, 0.4) is 0 Å². The van der Waals surface area contributed by atoms with E-state index in [-0.39, 0.29) is 24.9 Å². The van der Waals surface area contributed by atoms with Gasteiger partial charge in [-0.2, -0.15) is 0 Å². The maximum Gasteiger partial charge on any atom is 0.305 e. The predicted molar refractivity (Wildman–Crippen MR) is 157 cm³/mol. The lowest BCUT2D eigenvalue weighted by Gasteiger charge is -2.17. The second-order valence-corrected chi connectivity index (χ2v) is 10.1. The molecule has 0 radical (unpaired) electrons. The van der Waals surface area contributed by atoms with Crippen molar-refractivity contribution in [3.63, 3.8) is 0 Å². The van der Waals surface area contributed by atoms with Crippen LogP contribution in [0.1, 0.15) is 54.7 Å². The van der Waals surface area contributed by atoms with E-state index in [0.29, 0.717) is 33.9 Å². The molecule has 2 unspecified atom stereocenters. The highest BCUT2D eigenvalue weighted by Gasteiger charge is 2.29. The molecule has 0 saturated carbocycles. The molecule has 0 aliphatic carbocycles. The van der Waals surface area contributed by atoms with Crippen LogP contribution in [0.4, 0.5) is 4.39 Å². The Kier molecular flexibility index (Phi) is 9.95. The van der Waals surface area contributed by atoms with Crippen LogP contribution in [0.5, 0.6) is 0 Å². The van der Waals surface area contributed by atoms with Gasteiger partial charge in [0, 0.05) is 41.7 Å². The molecule has 0 spiro atoms. The standard InChI is InChI=1S/C32H33FN4O5/c1-20(2)37-26(14-13-24(38)17-25(39)18-28(40)41)29(22-9-11-23(33)12-10-22)30(21-7-4-3-5-8-21)31(37)32(42)36-19-27-34-15-6-16-35-27/h3-16,20,24-25,38-39H,17-19H2,1-2H3,(H,36,42)(H,40,41)/b14-13+. The van der Waals surface area contributed by atoms with Crippen molar-refractivity contribution in [2.75, 3.05) is 0 Å². The van der Waals surface area contributed by atoms with E-state index in [1.807, 2.05) is 48.7 Å². The summed E-state index contributed by atoms with van der Waals surface area (Å²) in [6.07, 6.45) is 3.21. The first kappa shape index (κ1) is 30.3. The first-order valence-corrected chi connectivity index (χ1v) is 13.6. The third-order valence-electron chi connectivity index (χ3n) is 6.60. The quantitative estimate of drug-likeness (QED) is 0.190. The van der Waals surface area contributed by atoms with E-state index in [2.05, 4.69) is 15.3 Å². The summed E-state index contributed by atoms with van der Waals surface area (Å²) in [7, 11) is 0. The van der Waals surface area contributed by atoms with Gasteiger partial charge in [0.1, 0.15) is 17.3 Å². The van der Waals surface area contributed by atoms with Gasteiger partial charge in [0.2, 0.25) is 0 Å². The molecule has 10 heteroatoms.